The van der Waals surface area contributed by atoms with Gasteiger partial charge in [0, 0.05) is 20.2 Å². The van der Waals surface area contributed by atoms with Gasteiger partial charge in [0.25, 0.3) is 0 Å². The van der Waals surface area contributed by atoms with Gasteiger partial charge in [-0.25, -0.2) is 9.78 Å². The lowest BCUT2D eigenvalue weighted by molar-refractivity contribution is 0.0702. The lowest BCUT2D eigenvalue weighted by atomic mass is 10.1. The van der Waals surface area contributed by atoms with E-state index in [1.807, 2.05) is 4.90 Å². The van der Waals surface area contributed by atoms with Crippen molar-refractivity contribution in [2.45, 2.75) is 6.42 Å². The molecule has 1 N–H and O–H groups in total. The molecule has 0 spiro atoms. The van der Waals surface area contributed by atoms with Gasteiger partial charge in [0.05, 0.1) is 6.61 Å². The van der Waals surface area contributed by atoms with Gasteiger partial charge in [-0.15, -0.1) is 0 Å². The SMILES string of the molecule is COCC1=CCN(c2nc(Cl)c(C(=O)O)s2)CC1. The minimum absolute atomic E-state index is 0.0640. The van der Waals surface area contributed by atoms with Crippen LogP contribution < -0.4 is 4.90 Å². The first-order valence-electron chi connectivity index (χ1n) is 5.43. The van der Waals surface area contributed by atoms with Crippen LogP contribution in [0, 0.1) is 0 Å². The zero-order valence-electron chi connectivity index (χ0n) is 9.85. The molecular weight excluding hydrogens is 276 g/mol. The lowest BCUT2D eigenvalue weighted by Crippen LogP contribution is -2.29. The molecule has 0 radical (unpaired) electrons. The van der Waals surface area contributed by atoms with Gasteiger partial charge in [0.15, 0.2) is 15.2 Å². The number of carbonyl (C=O) groups is 1. The van der Waals surface area contributed by atoms with Gasteiger partial charge in [-0.1, -0.05) is 29.0 Å². The number of halogens is 1. The third kappa shape index (κ3) is 2.82. The molecule has 0 aliphatic carbocycles. The number of hydrogen-bond acceptors (Lipinski definition) is 5. The Labute approximate surface area is 114 Å². The highest BCUT2D eigenvalue weighted by Crippen LogP contribution is 2.31. The quantitative estimate of drug-likeness (QED) is 0.861. The second kappa shape index (κ2) is 5.69. The third-order valence-corrected chi connectivity index (χ3v) is 4.16. The molecule has 0 amide bonds. The molecule has 5 nitrogen and oxygen atoms in total. The number of thiazole rings is 1. The predicted molar refractivity (Wildman–Crippen MR) is 70.9 cm³/mol. The van der Waals surface area contributed by atoms with Crippen LogP contribution in [0.4, 0.5) is 5.13 Å². The molecule has 1 aliphatic heterocycles. The van der Waals surface area contributed by atoms with Crippen molar-refractivity contribution < 1.29 is 14.6 Å². The Morgan fingerprint density at radius 2 is 2.50 bits per heavy atom. The van der Waals surface area contributed by atoms with Crippen molar-refractivity contribution in [1.82, 2.24) is 4.98 Å². The first-order valence-corrected chi connectivity index (χ1v) is 6.62. The van der Waals surface area contributed by atoms with Crippen LogP contribution in [0.25, 0.3) is 0 Å². The molecule has 0 unspecified atom stereocenters. The summed E-state index contributed by atoms with van der Waals surface area (Å²) in [5, 5.41) is 9.65. The molecule has 2 rings (SSSR count). The molecule has 1 aromatic rings. The molecule has 0 atom stereocenters. The number of aromatic carboxylic acids is 1. The predicted octanol–water partition coefficient (Wildman–Crippen LogP) is 2.28. The zero-order valence-corrected chi connectivity index (χ0v) is 11.4. The van der Waals surface area contributed by atoms with Gasteiger partial charge < -0.3 is 14.7 Å². The highest BCUT2D eigenvalue weighted by atomic mass is 35.5. The van der Waals surface area contributed by atoms with E-state index in [0.29, 0.717) is 18.3 Å². The number of rotatable bonds is 4. The first-order chi connectivity index (χ1) is 8.61. The number of anilines is 1. The summed E-state index contributed by atoms with van der Waals surface area (Å²) >= 11 is 6.91. The summed E-state index contributed by atoms with van der Waals surface area (Å²) in [6, 6.07) is 0. The van der Waals surface area contributed by atoms with Gasteiger partial charge in [-0.2, -0.15) is 0 Å². The number of carboxylic acids is 1. The van der Waals surface area contributed by atoms with Gasteiger partial charge in [0.1, 0.15) is 0 Å². The van der Waals surface area contributed by atoms with E-state index >= 15 is 0 Å². The van der Waals surface area contributed by atoms with Crippen LogP contribution in [0.3, 0.4) is 0 Å². The lowest BCUT2D eigenvalue weighted by Gasteiger charge is -2.25. The average molecular weight is 289 g/mol. The maximum atomic E-state index is 10.9. The van der Waals surface area contributed by atoms with Crippen LogP contribution in [-0.2, 0) is 4.74 Å². The van der Waals surface area contributed by atoms with Crippen LogP contribution in [0.15, 0.2) is 11.6 Å². The van der Waals surface area contributed by atoms with Gasteiger partial charge >= 0.3 is 5.97 Å². The minimum Gasteiger partial charge on any atom is -0.477 e. The van der Waals surface area contributed by atoms with Crippen LogP contribution in [0.2, 0.25) is 5.15 Å². The van der Waals surface area contributed by atoms with Gasteiger partial charge in [0.2, 0.25) is 0 Å². The summed E-state index contributed by atoms with van der Waals surface area (Å²) in [5.74, 6) is -1.03. The highest BCUT2D eigenvalue weighted by molar-refractivity contribution is 7.18. The van der Waals surface area contributed by atoms with Crippen LogP contribution in [-0.4, -0.2) is 42.9 Å². The normalized spacial score (nSPS) is 15.7. The number of ether oxygens (including phenoxy) is 1. The number of aromatic nitrogens is 1. The maximum absolute atomic E-state index is 10.9. The minimum atomic E-state index is -1.03. The van der Waals surface area contributed by atoms with E-state index in [9.17, 15) is 4.79 Å². The zero-order chi connectivity index (χ0) is 13.1. The van der Waals surface area contributed by atoms with Crippen molar-refractivity contribution in [2.75, 3.05) is 31.7 Å². The fourth-order valence-corrected chi connectivity index (χ4v) is 2.92. The monoisotopic (exact) mass is 288 g/mol. The molecule has 1 aliphatic rings. The molecule has 0 saturated heterocycles. The van der Waals surface area contributed by atoms with Crippen molar-refractivity contribution in [1.29, 1.82) is 0 Å². The van der Waals surface area contributed by atoms with E-state index in [1.165, 1.54) is 5.57 Å². The number of hydrogen-bond donors (Lipinski definition) is 1. The van der Waals surface area contributed by atoms with Gasteiger partial charge in [-0.3, -0.25) is 0 Å². The van der Waals surface area contributed by atoms with Gasteiger partial charge in [-0.05, 0) is 12.0 Å². The standard InChI is InChI=1S/C11H13ClN2O3S/c1-17-6-7-2-4-14(5-3-7)11-13-9(12)8(18-11)10(15)16/h2H,3-6H2,1H3,(H,15,16). The van der Waals surface area contributed by atoms with Crippen LogP contribution in [0.5, 0.6) is 0 Å². The Bertz CT molecular complexity index is 487. The topological polar surface area (TPSA) is 62.7 Å². The highest BCUT2D eigenvalue weighted by Gasteiger charge is 2.20. The largest absolute Gasteiger partial charge is 0.477 e. The summed E-state index contributed by atoms with van der Waals surface area (Å²) in [6.07, 6.45) is 2.98. The molecule has 1 aromatic heterocycles. The van der Waals surface area contributed by atoms with Crippen LogP contribution in [0.1, 0.15) is 16.1 Å². The number of methoxy groups -OCH3 is 1. The van der Waals surface area contributed by atoms with Crippen molar-refractivity contribution in [3.05, 3.63) is 21.7 Å². The summed E-state index contributed by atoms with van der Waals surface area (Å²) in [6.45, 7) is 2.16. The fraction of sp³-hybridized carbons (Fsp3) is 0.455. The summed E-state index contributed by atoms with van der Waals surface area (Å²) < 4.78 is 5.08. The molecule has 7 heteroatoms. The molecule has 0 bridgehead atoms. The molecular formula is C11H13ClN2O3S. The fourth-order valence-electron chi connectivity index (χ4n) is 1.76. The first kappa shape index (κ1) is 13.3. The van der Waals surface area contributed by atoms with Crippen molar-refractivity contribution >= 4 is 34.0 Å². The van der Waals surface area contributed by atoms with Crippen molar-refractivity contribution in [3.63, 3.8) is 0 Å². The Morgan fingerprint density at radius 1 is 1.72 bits per heavy atom. The van der Waals surface area contributed by atoms with Crippen molar-refractivity contribution in [2.24, 2.45) is 0 Å². The second-order valence-corrected chi connectivity index (χ2v) is 5.25. The molecule has 0 aromatic carbocycles. The van der Waals surface area contributed by atoms with E-state index in [1.54, 1.807) is 7.11 Å². The molecule has 18 heavy (non-hydrogen) atoms. The summed E-state index contributed by atoms with van der Waals surface area (Å²) in [4.78, 5) is 17.1. The van der Waals surface area contributed by atoms with E-state index in [-0.39, 0.29) is 10.0 Å². The Morgan fingerprint density at radius 3 is 3.00 bits per heavy atom. The smallest absolute Gasteiger partial charge is 0.349 e. The second-order valence-electron chi connectivity index (χ2n) is 3.91. The average Bonchev–Trinajstić information content (AvgIpc) is 2.73. The van der Waals surface area contributed by atoms with Crippen molar-refractivity contribution in [3.8, 4) is 0 Å². The Balaban J connectivity index is 2.10. The number of nitrogens with zero attached hydrogens (tertiary/aromatic N) is 2. The molecule has 2 heterocycles. The summed E-state index contributed by atoms with van der Waals surface area (Å²) in [5.41, 5.74) is 1.26. The third-order valence-electron chi connectivity index (χ3n) is 2.67. The molecule has 0 saturated carbocycles. The van der Waals surface area contributed by atoms with Crippen LogP contribution >= 0.6 is 22.9 Å². The van der Waals surface area contributed by atoms with E-state index < -0.39 is 5.97 Å². The van der Waals surface area contributed by atoms with E-state index in [0.717, 1.165) is 24.3 Å². The summed E-state index contributed by atoms with van der Waals surface area (Å²) in [7, 11) is 1.67. The maximum Gasteiger partial charge on any atom is 0.349 e. The molecule has 98 valence electrons. The van der Waals surface area contributed by atoms with E-state index in [2.05, 4.69) is 11.1 Å². The Hall–Kier alpha value is -1.11. The number of carboxylic acid groups (broad SMARTS) is 1. The Kier molecular flexibility index (Phi) is 4.21. The van der Waals surface area contributed by atoms with E-state index in [4.69, 9.17) is 21.4 Å². The molecule has 0 fully saturated rings.